The van der Waals surface area contributed by atoms with Crippen molar-refractivity contribution in [3.63, 3.8) is 0 Å². The monoisotopic (exact) mass is 180 g/mol. The van der Waals surface area contributed by atoms with E-state index in [1.807, 2.05) is 0 Å². The third-order valence-corrected chi connectivity index (χ3v) is 1.70. The highest BCUT2D eigenvalue weighted by Crippen LogP contribution is 2.27. The van der Waals surface area contributed by atoms with E-state index in [1.54, 1.807) is 6.92 Å². The van der Waals surface area contributed by atoms with Gasteiger partial charge in [0.05, 0.1) is 5.57 Å². The van der Waals surface area contributed by atoms with E-state index in [1.165, 1.54) is 6.92 Å². The van der Waals surface area contributed by atoms with Crippen molar-refractivity contribution >= 4 is 5.78 Å². The molecule has 4 heteroatoms. The second-order valence-electron chi connectivity index (χ2n) is 2.65. The van der Waals surface area contributed by atoms with E-state index in [0.717, 1.165) is 0 Å². The van der Waals surface area contributed by atoms with E-state index in [4.69, 9.17) is 0 Å². The van der Waals surface area contributed by atoms with Gasteiger partial charge >= 0.3 is 6.18 Å². The van der Waals surface area contributed by atoms with Crippen LogP contribution in [0.25, 0.3) is 0 Å². The minimum absolute atomic E-state index is 0.397. The SMILES string of the molecule is C=C(C(=O)C(C)CC)C(F)(F)F. The second kappa shape index (κ2) is 3.74. The number of carbonyl (C=O) groups excluding carboxylic acids is 1. The highest BCUT2D eigenvalue weighted by Gasteiger charge is 2.37. The smallest absolute Gasteiger partial charge is 0.294 e. The Bertz CT molecular complexity index is 193. The van der Waals surface area contributed by atoms with Crippen LogP contribution in [-0.2, 0) is 4.79 Å². The molecule has 12 heavy (non-hydrogen) atoms. The zero-order chi connectivity index (χ0) is 9.94. The van der Waals surface area contributed by atoms with Gasteiger partial charge in [0.1, 0.15) is 0 Å². The van der Waals surface area contributed by atoms with Crippen LogP contribution >= 0.6 is 0 Å². The van der Waals surface area contributed by atoms with Crippen LogP contribution < -0.4 is 0 Å². The van der Waals surface area contributed by atoms with Gasteiger partial charge in [-0.05, 0) is 6.42 Å². The molecule has 1 atom stereocenters. The summed E-state index contributed by atoms with van der Waals surface area (Å²) in [6.45, 7) is 5.84. The van der Waals surface area contributed by atoms with E-state index in [9.17, 15) is 18.0 Å². The lowest BCUT2D eigenvalue weighted by molar-refractivity contribution is -0.131. The number of alkyl halides is 3. The van der Waals surface area contributed by atoms with Gasteiger partial charge < -0.3 is 0 Å². The molecule has 0 aromatic heterocycles. The summed E-state index contributed by atoms with van der Waals surface area (Å²) in [4.78, 5) is 10.9. The molecule has 0 fully saturated rings. The minimum atomic E-state index is -4.58. The molecule has 0 heterocycles. The fourth-order valence-corrected chi connectivity index (χ4v) is 0.623. The van der Waals surface area contributed by atoms with E-state index in [0.29, 0.717) is 6.42 Å². The molecule has 0 aliphatic rings. The number of Topliss-reactive ketones (excluding diaryl/α,β-unsaturated/α-hetero) is 1. The molecule has 0 saturated heterocycles. The Labute approximate surface area is 69.3 Å². The Hall–Kier alpha value is -0.800. The summed E-state index contributed by atoms with van der Waals surface area (Å²) in [6.07, 6.45) is -4.19. The predicted octanol–water partition coefficient (Wildman–Crippen LogP) is 2.72. The fourth-order valence-electron chi connectivity index (χ4n) is 0.623. The first-order valence-corrected chi connectivity index (χ1v) is 3.61. The van der Waals surface area contributed by atoms with Crippen LogP contribution in [-0.4, -0.2) is 12.0 Å². The molecule has 0 aliphatic carbocycles. The summed E-state index contributed by atoms with van der Waals surface area (Å²) in [5.74, 6) is -1.51. The van der Waals surface area contributed by atoms with Crippen molar-refractivity contribution in [3.05, 3.63) is 12.2 Å². The number of hydrogen-bond acceptors (Lipinski definition) is 1. The van der Waals surface area contributed by atoms with E-state index < -0.39 is 23.5 Å². The molecule has 0 rings (SSSR count). The van der Waals surface area contributed by atoms with Gasteiger partial charge in [0.25, 0.3) is 0 Å². The lowest BCUT2D eigenvalue weighted by atomic mass is 9.98. The molecule has 0 saturated carbocycles. The molecule has 1 unspecified atom stereocenters. The average molecular weight is 180 g/mol. The van der Waals surface area contributed by atoms with Crippen molar-refractivity contribution in [2.24, 2.45) is 5.92 Å². The van der Waals surface area contributed by atoms with Crippen molar-refractivity contribution < 1.29 is 18.0 Å². The molecular weight excluding hydrogens is 169 g/mol. The third-order valence-electron chi connectivity index (χ3n) is 1.70. The largest absolute Gasteiger partial charge is 0.419 e. The first-order chi connectivity index (χ1) is 5.30. The number of ketones is 1. The lowest BCUT2D eigenvalue weighted by Gasteiger charge is -2.12. The van der Waals surface area contributed by atoms with Crippen LogP contribution in [0.4, 0.5) is 13.2 Å². The van der Waals surface area contributed by atoms with Gasteiger partial charge in [-0.25, -0.2) is 0 Å². The normalized spacial score (nSPS) is 14.1. The van der Waals surface area contributed by atoms with E-state index in [-0.39, 0.29) is 0 Å². The maximum Gasteiger partial charge on any atom is 0.419 e. The molecule has 1 nitrogen and oxygen atoms in total. The number of carbonyl (C=O) groups is 1. The molecule has 0 amide bonds. The molecule has 70 valence electrons. The van der Waals surface area contributed by atoms with Crippen molar-refractivity contribution in [3.8, 4) is 0 Å². The van der Waals surface area contributed by atoms with Crippen molar-refractivity contribution in [2.45, 2.75) is 26.4 Å². The van der Waals surface area contributed by atoms with Gasteiger partial charge in [0.2, 0.25) is 0 Å². The van der Waals surface area contributed by atoms with Gasteiger partial charge in [-0.2, -0.15) is 13.2 Å². The Morgan fingerprint density at radius 3 is 2.17 bits per heavy atom. The first-order valence-electron chi connectivity index (χ1n) is 3.61. The zero-order valence-electron chi connectivity index (χ0n) is 7.03. The standard InChI is InChI=1S/C8H11F3O/c1-4-5(2)7(12)6(3)8(9,10)11/h5H,3-4H2,1-2H3. The molecule has 0 radical (unpaired) electrons. The second-order valence-corrected chi connectivity index (χ2v) is 2.65. The number of rotatable bonds is 3. The van der Waals surface area contributed by atoms with Gasteiger partial charge in [-0.1, -0.05) is 20.4 Å². The maximum atomic E-state index is 11.9. The van der Waals surface area contributed by atoms with Crippen molar-refractivity contribution in [2.75, 3.05) is 0 Å². The quantitative estimate of drug-likeness (QED) is 0.610. The molecule has 0 spiro atoms. The van der Waals surface area contributed by atoms with Gasteiger partial charge in [-0.15, -0.1) is 0 Å². The lowest BCUT2D eigenvalue weighted by Crippen LogP contribution is -2.23. The maximum absolute atomic E-state index is 11.9. The summed E-state index contributed by atoms with van der Waals surface area (Å²) >= 11 is 0. The molecule has 0 aromatic carbocycles. The Kier molecular flexibility index (Phi) is 3.49. The molecule has 0 aromatic rings. The summed E-state index contributed by atoms with van der Waals surface area (Å²) in [7, 11) is 0. The highest BCUT2D eigenvalue weighted by atomic mass is 19.4. The zero-order valence-corrected chi connectivity index (χ0v) is 7.03. The van der Waals surface area contributed by atoms with E-state index in [2.05, 4.69) is 6.58 Å². The summed E-state index contributed by atoms with van der Waals surface area (Å²) in [5.41, 5.74) is -1.25. The van der Waals surface area contributed by atoms with Crippen molar-refractivity contribution in [1.29, 1.82) is 0 Å². The summed E-state index contributed by atoms with van der Waals surface area (Å²) in [6, 6.07) is 0. The minimum Gasteiger partial charge on any atom is -0.294 e. The Morgan fingerprint density at radius 2 is 1.92 bits per heavy atom. The molecule has 0 N–H and O–H groups in total. The van der Waals surface area contributed by atoms with E-state index >= 15 is 0 Å². The van der Waals surface area contributed by atoms with Crippen LogP contribution in [0.3, 0.4) is 0 Å². The molecular formula is C8H11F3O. The van der Waals surface area contributed by atoms with Gasteiger partial charge in [0, 0.05) is 5.92 Å². The average Bonchev–Trinajstić information content (AvgIpc) is 1.98. The molecule has 0 aliphatic heterocycles. The fraction of sp³-hybridized carbons (Fsp3) is 0.625. The number of allylic oxidation sites excluding steroid dienone is 1. The van der Waals surface area contributed by atoms with Crippen LogP contribution in [0, 0.1) is 5.92 Å². The summed E-state index contributed by atoms with van der Waals surface area (Å²) < 4.78 is 35.6. The number of hydrogen-bond donors (Lipinski definition) is 0. The van der Waals surface area contributed by atoms with Crippen LogP contribution in [0.2, 0.25) is 0 Å². The third kappa shape index (κ3) is 2.68. The van der Waals surface area contributed by atoms with Gasteiger partial charge in [0.15, 0.2) is 5.78 Å². The van der Waals surface area contributed by atoms with Crippen LogP contribution in [0.1, 0.15) is 20.3 Å². The number of halogens is 3. The van der Waals surface area contributed by atoms with Gasteiger partial charge in [-0.3, -0.25) is 4.79 Å². The Morgan fingerprint density at radius 1 is 1.50 bits per heavy atom. The van der Waals surface area contributed by atoms with Crippen LogP contribution in [0.15, 0.2) is 12.2 Å². The first kappa shape index (κ1) is 11.2. The predicted molar refractivity (Wildman–Crippen MR) is 39.7 cm³/mol. The Balaban J connectivity index is 4.42. The summed E-state index contributed by atoms with van der Waals surface area (Å²) in [5, 5.41) is 0. The highest BCUT2D eigenvalue weighted by molar-refractivity contribution is 5.97. The van der Waals surface area contributed by atoms with Crippen LogP contribution in [0.5, 0.6) is 0 Å². The van der Waals surface area contributed by atoms with Crippen molar-refractivity contribution in [1.82, 2.24) is 0 Å². The topological polar surface area (TPSA) is 17.1 Å². The molecule has 0 bridgehead atoms.